The third-order valence-electron chi connectivity index (χ3n) is 2.85. The van der Waals surface area contributed by atoms with Crippen LogP contribution in [0, 0.1) is 0 Å². The normalized spacial score (nSPS) is 12.4. The van der Waals surface area contributed by atoms with Gasteiger partial charge in [0.25, 0.3) is 0 Å². The molecule has 1 heterocycles. The zero-order chi connectivity index (χ0) is 13.8. The predicted octanol–water partition coefficient (Wildman–Crippen LogP) is 0.966. The second-order valence-corrected chi connectivity index (χ2v) is 4.16. The van der Waals surface area contributed by atoms with Crippen molar-refractivity contribution in [3.05, 3.63) is 18.2 Å². The summed E-state index contributed by atoms with van der Waals surface area (Å²) in [6.45, 7) is 2.50. The molecule has 0 bridgehead atoms. The van der Waals surface area contributed by atoms with Gasteiger partial charge in [0.1, 0.15) is 0 Å². The van der Waals surface area contributed by atoms with Crippen molar-refractivity contribution < 1.29 is 9.47 Å². The average Bonchev–Trinajstić information content (AvgIpc) is 2.86. The molecule has 0 saturated carbocycles. The van der Waals surface area contributed by atoms with Crippen molar-refractivity contribution >= 4 is 5.69 Å². The van der Waals surface area contributed by atoms with Gasteiger partial charge in [-0.1, -0.05) is 6.07 Å². The van der Waals surface area contributed by atoms with Gasteiger partial charge in [-0.15, -0.1) is 5.10 Å². The minimum absolute atomic E-state index is 0.00861. The number of benzene rings is 1. The smallest absolute Gasteiger partial charge is 0.185 e. The molecule has 0 saturated heterocycles. The highest BCUT2D eigenvalue weighted by Gasteiger charge is 2.17. The van der Waals surface area contributed by atoms with Gasteiger partial charge in [0.2, 0.25) is 0 Å². The van der Waals surface area contributed by atoms with Crippen LogP contribution in [0.3, 0.4) is 0 Å². The molecular formula is C12H17N5O2. The van der Waals surface area contributed by atoms with Crippen molar-refractivity contribution in [3.8, 4) is 17.1 Å². The van der Waals surface area contributed by atoms with E-state index in [0.29, 0.717) is 23.8 Å². The highest BCUT2D eigenvalue weighted by Crippen LogP contribution is 2.33. The molecule has 7 nitrogen and oxygen atoms in total. The van der Waals surface area contributed by atoms with Crippen molar-refractivity contribution in [1.82, 2.24) is 20.2 Å². The number of nitrogens with two attached hydrogens (primary N) is 1. The van der Waals surface area contributed by atoms with Gasteiger partial charge in [-0.2, -0.15) is 0 Å². The van der Waals surface area contributed by atoms with E-state index >= 15 is 0 Å². The summed E-state index contributed by atoms with van der Waals surface area (Å²) in [5.41, 5.74) is 7.20. The van der Waals surface area contributed by atoms with E-state index < -0.39 is 0 Å². The van der Waals surface area contributed by atoms with Crippen molar-refractivity contribution in [2.24, 2.45) is 0 Å². The summed E-state index contributed by atoms with van der Waals surface area (Å²) in [7, 11) is 3.22. The molecule has 0 amide bonds. The van der Waals surface area contributed by atoms with Crippen LogP contribution in [0.1, 0.15) is 6.92 Å². The average molecular weight is 263 g/mol. The molecule has 0 aliphatic rings. The number of nitrogen functional groups attached to an aromatic ring is 1. The van der Waals surface area contributed by atoms with Crippen LogP contribution in [0.25, 0.3) is 11.4 Å². The summed E-state index contributed by atoms with van der Waals surface area (Å²) in [6, 6.07) is 5.48. The second kappa shape index (κ2) is 5.66. The Morgan fingerprint density at radius 2 is 2.16 bits per heavy atom. The summed E-state index contributed by atoms with van der Waals surface area (Å²) in [5, 5.41) is 11.7. The van der Waals surface area contributed by atoms with Crippen LogP contribution in [-0.2, 0) is 11.3 Å². The molecule has 1 atom stereocenters. The van der Waals surface area contributed by atoms with Crippen LogP contribution in [0.15, 0.2) is 18.2 Å². The fourth-order valence-corrected chi connectivity index (χ4v) is 1.80. The molecule has 2 N–H and O–H groups in total. The molecule has 0 spiro atoms. The number of nitrogens with zero attached hydrogens (tertiary/aromatic N) is 4. The molecule has 0 radical (unpaired) electrons. The van der Waals surface area contributed by atoms with Crippen molar-refractivity contribution in [2.45, 2.75) is 19.6 Å². The topological polar surface area (TPSA) is 88.1 Å². The Balaban J connectivity index is 2.43. The number of tetrazole rings is 1. The number of aromatic nitrogens is 4. The van der Waals surface area contributed by atoms with Gasteiger partial charge in [0, 0.05) is 7.11 Å². The molecule has 1 aromatic carbocycles. The van der Waals surface area contributed by atoms with E-state index in [0.717, 1.165) is 5.56 Å². The van der Waals surface area contributed by atoms with Crippen LogP contribution in [0.2, 0.25) is 0 Å². The quantitative estimate of drug-likeness (QED) is 0.808. The van der Waals surface area contributed by atoms with Crippen LogP contribution in [0.4, 0.5) is 5.69 Å². The van der Waals surface area contributed by atoms with E-state index in [9.17, 15) is 0 Å². The first-order valence-electron chi connectivity index (χ1n) is 5.89. The molecule has 7 heteroatoms. The standard InChI is InChI=1S/C12H17N5O2/c1-8(18-2)7-17-12(14-15-16-17)9-5-4-6-10(13)11(9)19-3/h4-6,8H,7,13H2,1-3H3. The Morgan fingerprint density at radius 1 is 1.37 bits per heavy atom. The van der Waals surface area contributed by atoms with Crippen LogP contribution >= 0.6 is 0 Å². The van der Waals surface area contributed by atoms with Crippen molar-refractivity contribution in [1.29, 1.82) is 0 Å². The van der Waals surface area contributed by atoms with Gasteiger partial charge < -0.3 is 15.2 Å². The second-order valence-electron chi connectivity index (χ2n) is 4.16. The molecule has 2 rings (SSSR count). The zero-order valence-electron chi connectivity index (χ0n) is 11.2. The Kier molecular flexibility index (Phi) is 3.96. The molecule has 2 aromatic rings. The fourth-order valence-electron chi connectivity index (χ4n) is 1.80. The Hall–Kier alpha value is -2.15. The highest BCUT2D eigenvalue weighted by molar-refractivity contribution is 5.73. The van der Waals surface area contributed by atoms with E-state index in [1.165, 1.54) is 0 Å². The number of rotatable bonds is 5. The Labute approximate surface area is 111 Å². The zero-order valence-corrected chi connectivity index (χ0v) is 11.2. The number of ether oxygens (including phenoxy) is 2. The minimum Gasteiger partial charge on any atom is -0.494 e. The summed E-state index contributed by atoms with van der Waals surface area (Å²) in [6.07, 6.45) is 0.00861. The number of para-hydroxylation sites is 1. The van der Waals surface area contributed by atoms with Gasteiger partial charge in [0.05, 0.1) is 31.0 Å². The molecule has 102 valence electrons. The summed E-state index contributed by atoms with van der Waals surface area (Å²) in [5.74, 6) is 1.18. The first kappa shape index (κ1) is 13.3. The van der Waals surface area contributed by atoms with Crippen LogP contribution in [0.5, 0.6) is 5.75 Å². The maximum Gasteiger partial charge on any atom is 0.185 e. The van der Waals surface area contributed by atoms with Gasteiger partial charge in [0.15, 0.2) is 11.6 Å². The lowest BCUT2D eigenvalue weighted by Gasteiger charge is -2.13. The first-order chi connectivity index (χ1) is 9.17. The van der Waals surface area contributed by atoms with Gasteiger partial charge >= 0.3 is 0 Å². The molecule has 0 aliphatic heterocycles. The third kappa shape index (κ3) is 2.65. The Morgan fingerprint density at radius 3 is 2.84 bits per heavy atom. The number of methoxy groups -OCH3 is 2. The lowest BCUT2D eigenvalue weighted by Crippen LogP contribution is -2.17. The highest BCUT2D eigenvalue weighted by atomic mass is 16.5. The lowest BCUT2D eigenvalue weighted by molar-refractivity contribution is 0.0997. The van der Waals surface area contributed by atoms with Gasteiger partial charge in [-0.05, 0) is 29.5 Å². The lowest BCUT2D eigenvalue weighted by atomic mass is 10.1. The van der Waals surface area contributed by atoms with Crippen molar-refractivity contribution in [2.75, 3.05) is 20.0 Å². The first-order valence-corrected chi connectivity index (χ1v) is 5.89. The van der Waals surface area contributed by atoms with Gasteiger partial charge in [-0.25, -0.2) is 4.68 Å². The SMILES string of the molecule is COc1c(N)cccc1-c1nnnn1CC(C)OC. The predicted molar refractivity (Wildman–Crippen MR) is 70.7 cm³/mol. The molecule has 0 fully saturated rings. The third-order valence-corrected chi connectivity index (χ3v) is 2.85. The Bertz CT molecular complexity index is 555. The van der Waals surface area contributed by atoms with Crippen LogP contribution in [-0.4, -0.2) is 40.5 Å². The molecule has 19 heavy (non-hydrogen) atoms. The van der Waals surface area contributed by atoms with E-state index in [-0.39, 0.29) is 6.10 Å². The van der Waals surface area contributed by atoms with Gasteiger partial charge in [-0.3, -0.25) is 0 Å². The van der Waals surface area contributed by atoms with E-state index in [2.05, 4.69) is 15.5 Å². The maximum atomic E-state index is 5.89. The van der Waals surface area contributed by atoms with E-state index in [1.54, 1.807) is 25.0 Å². The fraction of sp³-hybridized carbons (Fsp3) is 0.417. The van der Waals surface area contributed by atoms with E-state index in [1.807, 2.05) is 19.1 Å². The number of anilines is 1. The maximum absolute atomic E-state index is 5.89. The summed E-state index contributed by atoms with van der Waals surface area (Å²) < 4.78 is 12.2. The molecule has 0 aliphatic carbocycles. The molecule has 1 unspecified atom stereocenters. The molecule has 1 aromatic heterocycles. The molecular weight excluding hydrogens is 246 g/mol. The van der Waals surface area contributed by atoms with E-state index in [4.69, 9.17) is 15.2 Å². The number of hydrogen-bond donors (Lipinski definition) is 1. The number of hydrogen-bond acceptors (Lipinski definition) is 6. The summed E-state index contributed by atoms with van der Waals surface area (Å²) >= 11 is 0. The monoisotopic (exact) mass is 263 g/mol. The summed E-state index contributed by atoms with van der Waals surface area (Å²) in [4.78, 5) is 0. The van der Waals surface area contributed by atoms with Crippen LogP contribution < -0.4 is 10.5 Å². The largest absolute Gasteiger partial charge is 0.494 e. The minimum atomic E-state index is 0.00861. The van der Waals surface area contributed by atoms with Crippen molar-refractivity contribution in [3.63, 3.8) is 0 Å².